The topological polar surface area (TPSA) is 248 Å². The molecule has 19 heteroatoms. The molecule has 0 spiro atoms. The van der Waals surface area contributed by atoms with Gasteiger partial charge >= 0.3 is 23.9 Å². The van der Waals surface area contributed by atoms with E-state index in [0.717, 1.165) is 19.2 Å². The Kier molecular flexibility index (Phi) is 25.3. The number of hydrogen-bond acceptors (Lipinski definition) is 9. The number of hydrogen-bond donors (Lipinski definition) is 6. The lowest BCUT2D eigenvalue weighted by atomic mass is 10.1. The van der Waals surface area contributed by atoms with Gasteiger partial charge in [-0.1, -0.05) is 36.4 Å². The third kappa shape index (κ3) is 23.9. The number of aromatic carboxylic acids is 3. The molecule has 18 nitrogen and oxygen atoms in total. The lowest BCUT2D eigenvalue weighted by Crippen LogP contribution is -3.00. The summed E-state index contributed by atoms with van der Waals surface area (Å²) in [7, 11) is 10.1. The Morgan fingerprint density at radius 1 is 0.528 bits per heavy atom. The maximum atomic E-state index is 11.0. The number of carbonyl (C=O) groups excluding carboxylic acids is 3. The minimum Gasteiger partial charge on any atom is -1.00 e. The van der Waals surface area contributed by atoms with Gasteiger partial charge in [0.2, 0.25) is 19.2 Å². The highest BCUT2D eigenvalue weighted by Gasteiger charge is 2.05. The second-order valence-electron chi connectivity index (χ2n) is 10.5. The second kappa shape index (κ2) is 27.8. The summed E-state index contributed by atoms with van der Waals surface area (Å²) in [6.07, 6.45) is 6.62. The van der Waals surface area contributed by atoms with Crippen molar-refractivity contribution in [3.05, 3.63) is 106 Å². The number of rotatable bonds is 12. The van der Waals surface area contributed by atoms with Gasteiger partial charge in [0.15, 0.2) is 0 Å². The molecule has 0 radical (unpaired) electrons. The van der Waals surface area contributed by atoms with E-state index < -0.39 is 17.9 Å². The Hall–Kier alpha value is -6.95. The SMILES string of the molecule is CN(C)C=O.CN(C)C=O.CN(C)C=O.O=C(O)c1ccc(/C=N/NC(N/N=C/c2ccc(C(=O)O)cc2)=[NH+]/N=C/c2ccc(C(=O)O)cc2)cc1.[Cl-]. The highest BCUT2D eigenvalue weighted by atomic mass is 35.5. The molecule has 3 rings (SSSR count). The number of guanidine groups is 1. The molecule has 284 valence electrons. The molecule has 0 fully saturated rings. The van der Waals surface area contributed by atoms with E-state index in [-0.39, 0.29) is 35.1 Å². The van der Waals surface area contributed by atoms with Gasteiger partial charge in [0.25, 0.3) is 0 Å². The Morgan fingerprint density at radius 2 is 0.774 bits per heavy atom. The van der Waals surface area contributed by atoms with Crippen LogP contribution in [-0.2, 0) is 14.4 Å². The first-order chi connectivity index (χ1) is 24.6. The second-order valence-corrected chi connectivity index (χ2v) is 10.5. The van der Waals surface area contributed by atoms with E-state index in [9.17, 15) is 28.8 Å². The molecule has 0 aliphatic carbocycles. The zero-order chi connectivity index (χ0) is 39.5. The van der Waals surface area contributed by atoms with Crippen LogP contribution in [0.1, 0.15) is 47.8 Å². The van der Waals surface area contributed by atoms with Crippen molar-refractivity contribution in [3.8, 4) is 0 Å². The van der Waals surface area contributed by atoms with Gasteiger partial charge < -0.3 is 42.4 Å². The highest BCUT2D eigenvalue weighted by molar-refractivity contribution is 5.91. The van der Waals surface area contributed by atoms with Gasteiger partial charge in [-0.05, 0) is 53.1 Å². The number of carbonyl (C=O) groups is 6. The Morgan fingerprint density at radius 3 is 1.00 bits per heavy atom. The summed E-state index contributed by atoms with van der Waals surface area (Å²) in [6, 6.07) is 18.2. The van der Waals surface area contributed by atoms with Gasteiger partial charge in [0.1, 0.15) is 0 Å². The van der Waals surface area contributed by atoms with Crippen LogP contribution in [0.25, 0.3) is 0 Å². The number of amides is 3. The van der Waals surface area contributed by atoms with Gasteiger partial charge in [-0.2, -0.15) is 16.0 Å². The minimum absolute atomic E-state index is 0. The molecule has 6 N–H and O–H groups in total. The lowest BCUT2D eigenvalue weighted by molar-refractivity contribution is -0.466. The molecule has 0 atom stereocenters. The van der Waals surface area contributed by atoms with Crippen LogP contribution in [0.4, 0.5) is 0 Å². The number of benzene rings is 3. The molecule has 0 aliphatic rings. The average molecular weight is 756 g/mol. The maximum absolute atomic E-state index is 11.0. The van der Waals surface area contributed by atoms with E-state index in [4.69, 9.17) is 15.3 Å². The van der Waals surface area contributed by atoms with Crippen molar-refractivity contribution in [1.29, 1.82) is 0 Å². The van der Waals surface area contributed by atoms with Crippen molar-refractivity contribution >= 4 is 61.7 Å². The summed E-state index contributed by atoms with van der Waals surface area (Å²) >= 11 is 0. The Balaban J connectivity index is 0. The molecular formula is C34H42ClN9O9. The van der Waals surface area contributed by atoms with Crippen LogP contribution >= 0.6 is 0 Å². The molecule has 3 aromatic carbocycles. The van der Waals surface area contributed by atoms with Crippen molar-refractivity contribution in [2.24, 2.45) is 15.3 Å². The summed E-state index contributed by atoms with van der Waals surface area (Å²) in [6.45, 7) is 0. The van der Waals surface area contributed by atoms with E-state index >= 15 is 0 Å². The van der Waals surface area contributed by atoms with Crippen LogP contribution in [0.2, 0.25) is 0 Å². The molecule has 0 aliphatic heterocycles. The van der Waals surface area contributed by atoms with Gasteiger partial charge in [-0.3, -0.25) is 14.4 Å². The molecule has 0 saturated heterocycles. The van der Waals surface area contributed by atoms with E-state index in [0.29, 0.717) is 16.7 Å². The van der Waals surface area contributed by atoms with E-state index in [1.807, 2.05) is 0 Å². The van der Waals surface area contributed by atoms with Crippen molar-refractivity contribution in [2.45, 2.75) is 0 Å². The monoisotopic (exact) mass is 755 g/mol. The van der Waals surface area contributed by atoms with Gasteiger partial charge in [0.05, 0.1) is 35.3 Å². The number of carboxylic acids is 3. The third-order valence-electron chi connectivity index (χ3n) is 5.28. The lowest BCUT2D eigenvalue weighted by Gasteiger charge is -1.98. The fraction of sp³-hybridized carbons (Fsp3) is 0.176. The van der Waals surface area contributed by atoms with E-state index in [1.165, 1.54) is 69.7 Å². The molecule has 53 heavy (non-hydrogen) atoms. The van der Waals surface area contributed by atoms with Gasteiger partial charge in [-0.25, -0.2) is 14.4 Å². The largest absolute Gasteiger partial charge is 1.00 e. The molecule has 3 aromatic rings. The summed E-state index contributed by atoms with van der Waals surface area (Å²) in [5, 5.41) is 41.8. The molecular weight excluding hydrogens is 714 g/mol. The van der Waals surface area contributed by atoms with Crippen molar-refractivity contribution in [2.75, 3.05) is 42.3 Å². The first-order valence-corrected chi connectivity index (χ1v) is 14.7. The van der Waals surface area contributed by atoms with Crippen molar-refractivity contribution in [3.63, 3.8) is 0 Å². The van der Waals surface area contributed by atoms with Crippen molar-refractivity contribution in [1.82, 2.24) is 25.6 Å². The Labute approximate surface area is 312 Å². The van der Waals surface area contributed by atoms with Crippen LogP contribution in [0, 0.1) is 0 Å². The number of nitrogens with zero attached hydrogens (tertiary/aromatic N) is 6. The smallest absolute Gasteiger partial charge is 0.415 e. The van der Waals surface area contributed by atoms with Crippen molar-refractivity contribution < 1.29 is 61.6 Å². The quantitative estimate of drug-likeness (QED) is 0.0468. The zero-order valence-electron chi connectivity index (χ0n) is 29.7. The molecule has 3 amide bonds. The normalized spacial score (nSPS) is 9.62. The number of halogens is 1. The predicted molar refractivity (Wildman–Crippen MR) is 194 cm³/mol. The summed E-state index contributed by atoms with van der Waals surface area (Å²) < 4.78 is 0. The van der Waals surface area contributed by atoms with Crippen LogP contribution in [0.5, 0.6) is 0 Å². The summed E-state index contributed by atoms with van der Waals surface area (Å²) in [5.74, 6) is -2.94. The van der Waals surface area contributed by atoms with Crippen LogP contribution in [0.15, 0.2) is 88.1 Å². The highest BCUT2D eigenvalue weighted by Crippen LogP contribution is 2.04. The first-order valence-electron chi connectivity index (χ1n) is 14.7. The fourth-order valence-corrected chi connectivity index (χ4v) is 2.72. The van der Waals surface area contributed by atoms with Crippen LogP contribution in [0.3, 0.4) is 0 Å². The first kappa shape index (κ1) is 48.2. The summed E-state index contributed by atoms with van der Waals surface area (Å²) in [5.41, 5.74) is 7.75. The number of carboxylic acid groups (broad SMARTS) is 3. The third-order valence-corrected chi connectivity index (χ3v) is 5.28. The molecule has 0 heterocycles. The molecule has 0 unspecified atom stereocenters. The summed E-state index contributed by atoms with van der Waals surface area (Å²) in [4.78, 5) is 65.5. The van der Waals surface area contributed by atoms with Gasteiger partial charge in [-0.15, -0.1) is 15.3 Å². The average Bonchev–Trinajstić information content (AvgIpc) is 3.12. The predicted octanol–water partition coefficient (Wildman–Crippen LogP) is -3.08. The Bertz CT molecular complexity index is 1590. The maximum Gasteiger partial charge on any atom is 0.415 e. The van der Waals surface area contributed by atoms with E-state index in [2.05, 4.69) is 31.3 Å². The van der Waals surface area contributed by atoms with Crippen LogP contribution in [-0.4, -0.2) is 134 Å². The molecule has 0 aromatic heterocycles. The van der Waals surface area contributed by atoms with E-state index in [1.54, 1.807) is 78.7 Å². The minimum atomic E-state index is -1.03. The van der Waals surface area contributed by atoms with Gasteiger partial charge in [0, 0.05) is 42.3 Å². The zero-order valence-corrected chi connectivity index (χ0v) is 30.5. The standard InChI is InChI=1S/C25H20N6O6.3C3H7NO.ClH/c32-22(33)19-7-1-16(2-8-19)13-26-29-25(30-27-14-17-3-9-20(10-4-17)23(34)35)31-28-15-18-5-11-21(12-6-18)24(36)37;3*1-4(2)3-5;/h1-15H,(H,32,33)(H,34,35)(H,36,37)(H2,29,30,31);3*3H,1-2H3;1H/b26-13+,27-14+,28-15+;;;;. The van der Waals surface area contributed by atoms with Crippen LogP contribution < -0.4 is 28.4 Å². The fourth-order valence-electron chi connectivity index (χ4n) is 2.72. The number of hydrazone groups is 3. The molecule has 0 saturated carbocycles. The molecule has 0 bridgehead atoms. The number of nitrogens with one attached hydrogen (secondary N) is 3.